The van der Waals surface area contributed by atoms with Gasteiger partial charge in [-0.15, -0.1) is 0 Å². The van der Waals surface area contributed by atoms with Crippen molar-refractivity contribution < 1.29 is 0 Å². The minimum atomic E-state index is -0.454. The normalized spacial score (nSPS) is 14.7. The summed E-state index contributed by atoms with van der Waals surface area (Å²) in [5, 5.41) is 9.94. The van der Waals surface area contributed by atoms with Crippen molar-refractivity contribution in [2.45, 2.75) is 18.9 Å². The number of nitrogens with one attached hydrogen (secondary N) is 1. The molecule has 0 aliphatic rings. The highest BCUT2D eigenvalue weighted by Gasteiger charge is 2.17. The fraction of sp³-hybridized carbons (Fsp3) is 0.250. The van der Waals surface area contributed by atoms with Crippen LogP contribution in [-0.4, -0.2) is 11.0 Å². The highest BCUT2D eigenvalue weighted by atomic mass is 14.7. The van der Waals surface area contributed by atoms with E-state index < -0.39 is 6.04 Å². The molecule has 2 aromatic rings. The third kappa shape index (κ3) is 1.60. The van der Waals surface area contributed by atoms with E-state index in [1.165, 1.54) is 0 Å². The van der Waals surface area contributed by atoms with Crippen LogP contribution < -0.4 is 5.73 Å². The zero-order valence-corrected chi connectivity index (χ0v) is 8.57. The predicted octanol–water partition coefficient (Wildman–Crippen LogP) is 2.12. The Balaban J connectivity index is 2.49. The molecule has 76 valence electrons. The summed E-state index contributed by atoms with van der Waals surface area (Å²) < 4.78 is 0. The number of para-hydroxylation sites is 1. The van der Waals surface area contributed by atoms with Crippen molar-refractivity contribution in [2.75, 3.05) is 0 Å². The Morgan fingerprint density at radius 3 is 2.87 bits per heavy atom. The quantitative estimate of drug-likeness (QED) is 0.778. The van der Waals surface area contributed by atoms with E-state index in [0.29, 0.717) is 0 Å². The van der Waals surface area contributed by atoms with Crippen molar-refractivity contribution in [3.05, 3.63) is 36.0 Å². The fourth-order valence-corrected chi connectivity index (χ4v) is 1.78. The number of fused-ring (bicyclic) bond motifs is 1. The number of rotatable bonds is 2. The van der Waals surface area contributed by atoms with Gasteiger partial charge in [-0.05, 0) is 11.6 Å². The summed E-state index contributed by atoms with van der Waals surface area (Å²) >= 11 is 0. The van der Waals surface area contributed by atoms with Crippen molar-refractivity contribution in [1.82, 2.24) is 4.98 Å². The van der Waals surface area contributed by atoms with E-state index in [-0.39, 0.29) is 5.92 Å². The van der Waals surface area contributed by atoms with E-state index in [4.69, 9.17) is 11.0 Å². The Bertz CT molecular complexity index is 507. The van der Waals surface area contributed by atoms with Crippen LogP contribution in [0.2, 0.25) is 0 Å². The lowest BCUT2D eigenvalue weighted by atomic mass is 9.94. The van der Waals surface area contributed by atoms with Crippen LogP contribution >= 0.6 is 0 Å². The summed E-state index contributed by atoms with van der Waals surface area (Å²) in [6, 6.07) is 9.66. The van der Waals surface area contributed by atoms with E-state index >= 15 is 0 Å². The van der Waals surface area contributed by atoms with Crippen LogP contribution in [0.15, 0.2) is 30.5 Å². The number of hydrogen-bond donors (Lipinski definition) is 2. The van der Waals surface area contributed by atoms with Gasteiger partial charge in [-0.3, -0.25) is 0 Å². The zero-order chi connectivity index (χ0) is 10.8. The smallest absolute Gasteiger partial charge is 0.0995 e. The Labute approximate surface area is 88.5 Å². The summed E-state index contributed by atoms with van der Waals surface area (Å²) in [5.74, 6) is 0.0474. The van der Waals surface area contributed by atoms with E-state index in [0.717, 1.165) is 16.5 Å². The minimum absolute atomic E-state index is 0.0474. The maximum atomic E-state index is 8.79. The van der Waals surface area contributed by atoms with Crippen LogP contribution in [0.3, 0.4) is 0 Å². The summed E-state index contributed by atoms with van der Waals surface area (Å²) in [4.78, 5) is 3.18. The molecular formula is C12H13N3. The lowest BCUT2D eigenvalue weighted by Crippen LogP contribution is -2.24. The van der Waals surface area contributed by atoms with E-state index in [1.807, 2.05) is 37.4 Å². The molecule has 3 heteroatoms. The number of nitriles is 1. The van der Waals surface area contributed by atoms with Crippen LogP contribution in [0.25, 0.3) is 10.9 Å². The van der Waals surface area contributed by atoms with E-state index in [9.17, 15) is 0 Å². The summed E-state index contributed by atoms with van der Waals surface area (Å²) in [5.41, 5.74) is 7.92. The summed E-state index contributed by atoms with van der Waals surface area (Å²) in [6.45, 7) is 1.98. The number of aromatic nitrogens is 1. The first kappa shape index (κ1) is 9.75. The number of benzene rings is 1. The second kappa shape index (κ2) is 3.76. The van der Waals surface area contributed by atoms with Gasteiger partial charge in [-0.25, -0.2) is 0 Å². The van der Waals surface area contributed by atoms with E-state index in [1.54, 1.807) is 0 Å². The van der Waals surface area contributed by atoms with Crippen LogP contribution in [0, 0.1) is 11.3 Å². The molecule has 0 amide bonds. The predicted molar refractivity (Wildman–Crippen MR) is 60.3 cm³/mol. The minimum Gasteiger partial charge on any atom is -0.361 e. The van der Waals surface area contributed by atoms with Gasteiger partial charge < -0.3 is 10.7 Å². The highest BCUT2D eigenvalue weighted by molar-refractivity contribution is 5.83. The van der Waals surface area contributed by atoms with Gasteiger partial charge >= 0.3 is 0 Å². The lowest BCUT2D eigenvalue weighted by Gasteiger charge is -2.12. The van der Waals surface area contributed by atoms with Crippen LogP contribution in [0.4, 0.5) is 0 Å². The first-order valence-corrected chi connectivity index (χ1v) is 4.95. The molecule has 0 bridgehead atoms. The molecule has 1 heterocycles. The van der Waals surface area contributed by atoms with Crippen LogP contribution in [0.1, 0.15) is 18.4 Å². The monoisotopic (exact) mass is 199 g/mol. The average Bonchev–Trinajstić information content (AvgIpc) is 2.70. The average molecular weight is 199 g/mol. The summed E-state index contributed by atoms with van der Waals surface area (Å²) in [6.07, 6.45) is 1.94. The van der Waals surface area contributed by atoms with Gasteiger partial charge in [-0.2, -0.15) is 5.26 Å². The Morgan fingerprint density at radius 2 is 2.13 bits per heavy atom. The molecule has 3 N–H and O–H groups in total. The van der Waals surface area contributed by atoms with Gasteiger partial charge in [0.25, 0.3) is 0 Å². The SMILES string of the molecule is CC(c1c[nH]c2ccccc12)C(N)C#N. The van der Waals surface area contributed by atoms with Gasteiger partial charge in [0.05, 0.1) is 12.1 Å². The van der Waals surface area contributed by atoms with Crippen molar-refractivity contribution in [3.63, 3.8) is 0 Å². The third-order valence-corrected chi connectivity index (χ3v) is 2.80. The number of aromatic amines is 1. The zero-order valence-electron chi connectivity index (χ0n) is 8.57. The molecule has 0 aliphatic carbocycles. The molecule has 0 fully saturated rings. The largest absolute Gasteiger partial charge is 0.361 e. The maximum Gasteiger partial charge on any atom is 0.0995 e. The number of nitrogens with zero attached hydrogens (tertiary/aromatic N) is 1. The Kier molecular flexibility index (Phi) is 2.44. The molecule has 1 aromatic carbocycles. The molecule has 15 heavy (non-hydrogen) atoms. The van der Waals surface area contributed by atoms with Crippen LogP contribution in [0.5, 0.6) is 0 Å². The van der Waals surface area contributed by atoms with Crippen molar-refractivity contribution in [1.29, 1.82) is 5.26 Å². The number of H-pyrrole nitrogens is 1. The standard InChI is InChI=1S/C12H13N3/c1-8(11(14)6-13)10-7-15-12-5-3-2-4-9(10)12/h2-5,7-8,11,15H,14H2,1H3. The molecule has 3 nitrogen and oxygen atoms in total. The second-order valence-corrected chi connectivity index (χ2v) is 3.73. The molecule has 0 radical (unpaired) electrons. The molecule has 1 aromatic heterocycles. The van der Waals surface area contributed by atoms with Crippen molar-refractivity contribution in [3.8, 4) is 6.07 Å². The fourth-order valence-electron chi connectivity index (χ4n) is 1.78. The molecule has 2 rings (SSSR count). The third-order valence-electron chi connectivity index (χ3n) is 2.80. The summed E-state index contributed by atoms with van der Waals surface area (Å²) in [7, 11) is 0. The molecule has 2 unspecified atom stereocenters. The lowest BCUT2D eigenvalue weighted by molar-refractivity contribution is 0.678. The van der Waals surface area contributed by atoms with Crippen molar-refractivity contribution >= 4 is 10.9 Å². The van der Waals surface area contributed by atoms with Crippen molar-refractivity contribution in [2.24, 2.45) is 5.73 Å². The van der Waals surface area contributed by atoms with Gasteiger partial charge in [0.15, 0.2) is 0 Å². The highest BCUT2D eigenvalue weighted by Crippen LogP contribution is 2.26. The first-order chi connectivity index (χ1) is 7.24. The van der Waals surface area contributed by atoms with Gasteiger partial charge in [0, 0.05) is 23.0 Å². The van der Waals surface area contributed by atoms with E-state index in [2.05, 4.69) is 11.1 Å². The van der Waals surface area contributed by atoms with Gasteiger partial charge in [0.2, 0.25) is 0 Å². The molecule has 0 spiro atoms. The topological polar surface area (TPSA) is 65.6 Å². The molecule has 0 saturated heterocycles. The molecule has 2 atom stereocenters. The molecule has 0 aliphatic heterocycles. The van der Waals surface area contributed by atoms with Gasteiger partial charge in [0.1, 0.15) is 0 Å². The molecule has 0 saturated carbocycles. The second-order valence-electron chi connectivity index (χ2n) is 3.73. The Morgan fingerprint density at radius 1 is 1.40 bits per heavy atom. The first-order valence-electron chi connectivity index (χ1n) is 4.95. The molecular weight excluding hydrogens is 186 g/mol. The number of nitrogens with two attached hydrogens (primary N) is 1. The number of hydrogen-bond acceptors (Lipinski definition) is 2. The maximum absolute atomic E-state index is 8.79. The Hall–Kier alpha value is -1.79. The van der Waals surface area contributed by atoms with Gasteiger partial charge in [-0.1, -0.05) is 25.1 Å². The van der Waals surface area contributed by atoms with Crippen LogP contribution in [-0.2, 0) is 0 Å².